The van der Waals surface area contributed by atoms with E-state index in [-0.39, 0.29) is 24.3 Å². The molecular formula is C63H87FO6. The highest BCUT2D eigenvalue weighted by Gasteiger charge is 2.28. The fourth-order valence-corrected chi connectivity index (χ4v) is 11.4. The van der Waals surface area contributed by atoms with E-state index in [1.54, 1.807) is 6.07 Å². The number of ether oxygens (including phenoxy) is 3. The van der Waals surface area contributed by atoms with Crippen molar-refractivity contribution in [3.8, 4) is 11.5 Å². The Morgan fingerprint density at radius 3 is 1.77 bits per heavy atom. The summed E-state index contributed by atoms with van der Waals surface area (Å²) in [5.74, 6) is 5.61. The van der Waals surface area contributed by atoms with Crippen LogP contribution in [0, 0.1) is 36.4 Å². The van der Waals surface area contributed by atoms with E-state index in [2.05, 4.69) is 82.3 Å². The first-order valence-electron chi connectivity index (χ1n) is 27.9. The Morgan fingerprint density at radius 2 is 1.14 bits per heavy atom. The van der Waals surface area contributed by atoms with E-state index in [0.29, 0.717) is 48.4 Å². The topological polar surface area (TPSA) is 63.2 Å². The third-order valence-corrected chi connectivity index (χ3v) is 16.3. The summed E-state index contributed by atoms with van der Waals surface area (Å²) in [6.07, 6.45) is 26.0. The zero-order chi connectivity index (χ0) is 48.9. The van der Waals surface area contributed by atoms with Crippen molar-refractivity contribution >= 4 is 5.97 Å². The molecule has 0 radical (unpaired) electrons. The fourth-order valence-electron chi connectivity index (χ4n) is 11.4. The van der Waals surface area contributed by atoms with E-state index in [1.165, 1.54) is 112 Å². The normalized spacial score (nSPS) is 24.8. The van der Waals surface area contributed by atoms with Crippen molar-refractivity contribution in [2.24, 2.45) is 23.7 Å². The maximum Gasteiger partial charge on any atom is 0.314 e. The zero-order valence-electron chi connectivity index (χ0n) is 43.5. The molecule has 0 heterocycles. The summed E-state index contributed by atoms with van der Waals surface area (Å²) < 4.78 is 32.3. The average Bonchev–Trinajstić information content (AvgIpc) is 3.39. The van der Waals surface area contributed by atoms with E-state index in [4.69, 9.17) is 24.0 Å². The molecule has 0 aromatic heterocycles. The summed E-state index contributed by atoms with van der Waals surface area (Å²) in [5, 5.41) is 0. The number of hydrogen-bond acceptors (Lipinski definition) is 6. The lowest BCUT2D eigenvalue weighted by Crippen LogP contribution is -2.24. The molecule has 4 fully saturated rings. The first-order chi connectivity index (χ1) is 34.2. The molecule has 7 heteroatoms. The first kappa shape index (κ1) is 53.8. The van der Waals surface area contributed by atoms with Gasteiger partial charge in [-0.05, 0) is 230 Å². The number of carbonyl (C=O) groups is 1. The van der Waals surface area contributed by atoms with Gasteiger partial charge in [-0.25, -0.2) is 14.2 Å². The predicted octanol–water partition coefficient (Wildman–Crippen LogP) is 16.9. The lowest BCUT2D eigenvalue weighted by molar-refractivity contribution is -0.305. The van der Waals surface area contributed by atoms with E-state index in [9.17, 15) is 9.18 Å². The number of rotatable bonds is 21. The van der Waals surface area contributed by atoms with E-state index in [0.717, 1.165) is 87.0 Å². The Bertz CT molecular complexity index is 2070. The van der Waals surface area contributed by atoms with Crippen LogP contribution in [0.25, 0.3) is 0 Å². The van der Waals surface area contributed by atoms with Crippen LogP contribution in [-0.2, 0) is 32.3 Å². The van der Waals surface area contributed by atoms with Crippen molar-refractivity contribution in [3.63, 3.8) is 0 Å². The minimum absolute atomic E-state index is 0.0362. The van der Waals surface area contributed by atoms with Crippen molar-refractivity contribution in [3.05, 3.63) is 130 Å². The van der Waals surface area contributed by atoms with Gasteiger partial charge in [0, 0.05) is 12.2 Å². The zero-order valence-corrected chi connectivity index (χ0v) is 43.5. The van der Waals surface area contributed by atoms with Gasteiger partial charge in [0.2, 0.25) is 0 Å². The molecule has 4 aromatic rings. The van der Waals surface area contributed by atoms with Gasteiger partial charge in [0.05, 0.1) is 25.2 Å². The molecule has 0 spiro atoms. The Balaban J connectivity index is 0.000000209. The van der Waals surface area contributed by atoms with Crippen LogP contribution in [-0.4, -0.2) is 31.9 Å². The Morgan fingerprint density at radius 1 is 0.571 bits per heavy atom. The van der Waals surface area contributed by atoms with E-state index in [1.807, 2.05) is 30.3 Å². The van der Waals surface area contributed by atoms with Crippen molar-refractivity contribution in [1.82, 2.24) is 0 Å². The minimum atomic E-state index is -0.198. The maximum absolute atomic E-state index is 14.7. The number of hydrogen-bond donors (Lipinski definition) is 0. The molecule has 0 bridgehead atoms. The predicted molar refractivity (Wildman–Crippen MR) is 282 cm³/mol. The summed E-state index contributed by atoms with van der Waals surface area (Å²) >= 11 is 0. The van der Waals surface area contributed by atoms with Crippen LogP contribution in [0.1, 0.15) is 207 Å². The average molecular weight is 959 g/mol. The number of benzene rings is 4. The molecule has 70 heavy (non-hydrogen) atoms. The SMILES string of the molecule is CCCCc1ccc(C2CCC(c3ccc(OC(=O)C4CCC(C)CC4)cc3)CC2)cc1.Cc1ccc(OCCCC2CCC(c3ccc(COOCCCOC4CCC(C)CC4)c(F)c3)CC2)cc1. The lowest BCUT2D eigenvalue weighted by Gasteiger charge is -2.29. The number of esters is 1. The molecule has 0 amide bonds. The molecule has 6 nitrogen and oxygen atoms in total. The van der Waals surface area contributed by atoms with Crippen molar-refractivity contribution in [1.29, 1.82) is 0 Å². The summed E-state index contributed by atoms with van der Waals surface area (Å²) in [6, 6.07) is 31.7. The van der Waals surface area contributed by atoms with Gasteiger partial charge < -0.3 is 14.2 Å². The van der Waals surface area contributed by atoms with Gasteiger partial charge >= 0.3 is 5.97 Å². The van der Waals surface area contributed by atoms with Crippen LogP contribution in [0.15, 0.2) is 91.0 Å². The Kier molecular flexibility index (Phi) is 22.2. The molecule has 8 rings (SSSR count). The summed E-state index contributed by atoms with van der Waals surface area (Å²) in [7, 11) is 0. The third-order valence-electron chi connectivity index (χ3n) is 16.3. The quantitative estimate of drug-likeness (QED) is 0.0273. The lowest BCUT2D eigenvalue weighted by atomic mass is 9.76. The Hall–Kier alpha value is -4.04. The van der Waals surface area contributed by atoms with Gasteiger partial charge in [-0.15, -0.1) is 0 Å². The van der Waals surface area contributed by atoms with Gasteiger partial charge in [-0.2, -0.15) is 0 Å². The number of aryl methyl sites for hydroxylation is 2. The molecule has 0 unspecified atom stereocenters. The molecule has 0 aliphatic heterocycles. The number of unbranched alkanes of at least 4 members (excludes halogenated alkanes) is 1. The molecule has 4 aliphatic rings. The molecule has 382 valence electrons. The first-order valence-corrected chi connectivity index (χ1v) is 27.9. The van der Waals surface area contributed by atoms with Crippen molar-refractivity contribution in [2.45, 2.75) is 199 Å². The molecule has 4 aromatic carbocycles. The highest BCUT2D eigenvalue weighted by atomic mass is 19.1. The molecule has 0 atom stereocenters. The molecule has 4 saturated carbocycles. The van der Waals surface area contributed by atoms with Crippen molar-refractivity contribution < 1.29 is 33.2 Å². The van der Waals surface area contributed by atoms with Gasteiger partial charge in [0.1, 0.15) is 23.9 Å². The van der Waals surface area contributed by atoms with Crippen LogP contribution in [0.5, 0.6) is 11.5 Å². The van der Waals surface area contributed by atoms with Crippen molar-refractivity contribution in [2.75, 3.05) is 19.8 Å². The number of carbonyl (C=O) groups excluding carboxylic acids is 1. The molecule has 4 aliphatic carbocycles. The Labute approximate surface area is 422 Å². The highest BCUT2D eigenvalue weighted by Crippen LogP contribution is 2.42. The van der Waals surface area contributed by atoms with E-state index >= 15 is 0 Å². The van der Waals surface area contributed by atoms with Crippen LogP contribution < -0.4 is 9.47 Å². The van der Waals surface area contributed by atoms with Crippen LogP contribution >= 0.6 is 0 Å². The summed E-state index contributed by atoms with van der Waals surface area (Å²) in [4.78, 5) is 23.0. The maximum atomic E-state index is 14.7. The minimum Gasteiger partial charge on any atom is -0.494 e. The number of halogens is 1. The molecule has 0 N–H and O–H groups in total. The van der Waals surface area contributed by atoms with Gasteiger partial charge in [0.25, 0.3) is 0 Å². The summed E-state index contributed by atoms with van der Waals surface area (Å²) in [5.41, 5.74) is 7.30. The largest absolute Gasteiger partial charge is 0.494 e. The second-order valence-corrected chi connectivity index (χ2v) is 21.9. The van der Waals surface area contributed by atoms with Gasteiger partial charge in [-0.3, -0.25) is 4.79 Å². The molecular weight excluding hydrogens is 872 g/mol. The monoisotopic (exact) mass is 959 g/mol. The highest BCUT2D eigenvalue weighted by molar-refractivity contribution is 5.75. The second kappa shape index (κ2) is 28.9. The van der Waals surface area contributed by atoms with E-state index < -0.39 is 0 Å². The second-order valence-electron chi connectivity index (χ2n) is 21.9. The fraction of sp³-hybridized carbons (Fsp3) is 0.603. The van der Waals surface area contributed by atoms with Crippen LogP contribution in [0.4, 0.5) is 4.39 Å². The molecule has 0 saturated heterocycles. The summed E-state index contributed by atoms with van der Waals surface area (Å²) in [6.45, 7) is 11.0. The smallest absolute Gasteiger partial charge is 0.314 e. The van der Waals surface area contributed by atoms with Gasteiger partial charge in [0.15, 0.2) is 0 Å². The standard InChI is InChI=1S/C33H47FO4.C30H40O2/c1-25-6-16-31(17-7-25)35-20-3-5-27-10-12-28(13-11-27)29-14-15-30(33(34)23-29)24-38-37-22-4-21-36-32-18-8-26(2)9-19-32;1-3-4-5-23-8-12-24(13-9-23)25-14-16-26(17-15-25)27-18-20-29(21-19-27)32-30(31)28-10-6-22(2)7-11-28/h6-7,14-17,23,26-28,32H,3-5,8-13,18-22,24H2,1-2H3;8-9,12-13,18-22,25-26,28H,3-7,10-11,14-17H2,1-2H3. The third kappa shape index (κ3) is 17.6. The van der Waals surface area contributed by atoms with Crippen LogP contribution in [0.2, 0.25) is 0 Å². The van der Waals surface area contributed by atoms with Crippen LogP contribution in [0.3, 0.4) is 0 Å². The van der Waals surface area contributed by atoms with Gasteiger partial charge in [-0.1, -0.05) is 93.4 Å².